The number of ether oxygens (including phenoxy) is 1. The monoisotopic (exact) mass is 320 g/mol. The molecule has 2 amide bonds. The molecule has 128 valence electrons. The number of urea groups is 1. The fourth-order valence-corrected chi connectivity index (χ4v) is 2.67. The molecule has 2 rings (SSSR count). The van der Waals surface area contributed by atoms with Crippen LogP contribution in [0, 0.1) is 5.92 Å². The number of rotatable bonds is 6. The van der Waals surface area contributed by atoms with E-state index < -0.39 is 6.10 Å². The summed E-state index contributed by atoms with van der Waals surface area (Å²) in [5.74, 6) is 1.15. The summed E-state index contributed by atoms with van der Waals surface area (Å²) >= 11 is 0. The Labute approximate surface area is 138 Å². The number of likely N-dealkylation sites (tertiary alicyclic amines) is 1. The second-order valence-corrected chi connectivity index (χ2v) is 6.26. The molecule has 1 heterocycles. The summed E-state index contributed by atoms with van der Waals surface area (Å²) in [7, 11) is 0. The number of amides is 2. The van der Waals surface area contributed by atoms with Gasteiger partial charge in [0.2, 0.25) is 0 Å². The van der Waals surface area contributed by atoms with Crippen molar-refractivity contribution in [2.45, 2.75) is 39.2 Å². The lowest BCUT2D eigenvalue weighted by Gasteiger charge is -2.34. The smallest absolute Gasteiger partial charge is 0.317 e. The van der Waals surface area contributed by atoms with E-state index in [-0.39, 0.29) is 11.9 Å². The van der Waals surface area contributed by atoms with Crippen molar-refractivity contribution in [1.29, 1.82) is 0 Å². The topological polar surface area (TPSA) is 61.8 Å². The minimum absolute atomic E-state index is 0.0886. The molecule has 2 N–H and O–H groups in total. The van der Waals surface area contributed by atoms with Gasteiger partial charge in [0.25, 0.3) is 0 Å². The molecule has 1 saturated heterocycles. The highest BCUT2D eigenvalue weighted by Gasteiger charge is 2.26. The van der Waals surface area contributed by atoms with Gasteiger partial charge in [-0.15, -0.1) is 0 Å². The molecule has 0 saturated carbocycles. The zero-order valence-corrected chi connectivity index (χ0v) is 14.1. The van der Waals surface area contributed by atoms with Crippen molar-refractivity contribution in [3.63, 3.8) is 0 Å². The molecule has 23 heavy (non-hydrogen) atoms. The molecule has 1 aromatic rings. The van der Waals surface area contributed by atoms with Crippen molar-refractivity contribution in [2.75, 3.05) is 26.2 Å². The summed E-state index contributed by atoms with van der Waals surface area (Å²) in [4.78, 5) is 13.8. The predicted octanol–water partition coefficient (Wildman–Crippen LogP) is 2.43. The minimum atomic E-state index is -0.415. The van der Waals surface area contributed by atoms with Crippen molar-refractivity contribution >= 4 is 6.03 Å². The minimum Gasteiger partial charge on any atom is -0.494 e. The number of nitrogens with zero attached hydrogens (tertiary/aromatic N) is 1. The zero-order valence-electron chi connectivity index (χ0n) is 14.1. The molecule has 2 atom stereocenters. The maximum atomic E-state index is 12.1. The molecule has 2 unspecified atom stereocenters. The van der Waals surface area contributed by atoms with Gasteiger partial charge in [-0.1, -0.05) is 26.0 Å². The van der Waals surface area contributed by atoms with Crippen LogP contribution in [0.5, 0.6) is 5.75 Å². The van der Waals surface area contributed by atoms with Gasteiger partial charge in [0.15, 0.2) is 0 Å². The lowest BCUT2D eigenvalue weighted by molar-refractivity contribution is 0.0436. The van der Waals surface area contributed by atoms with E-state index in [4.69, 9.17) is 4.74 Å². The second kappa shape index (κ2) is 8.77. The third kappa shape index (κ3) is 5.43. The van der Waals surface area contributed by atoms with Gasteiger partial charge >= 0.3 is 6.03 Å². The van der Waals surface area contributed by atoms with Crippen LogP contribution < -0.4 is 10.1 Å². The van der Waals surface area contributed by atoms with E-state index in [1.54, 1.807) is 4.90 Å². The van der Waals surface area contributed by atoms with Crippen LogP contribution >= 0.6 is 0 Å². The van der Waals surface area contributed by atoms with Crippen LogP contribution in [0.2, 0.25) is 0 Å². The number of aliphatic hydroxyl groups excluding tert-OH is 1. The van der Waals surface area contributed by atoms with Gasteiger partial charge in [-0.05, 0) is 42.9 Å². The Morgan fingerprint density at radius 2 is 2.30 bits per heavy atom. The van der Waals surface area contributed by atoms with Crippen LogP contribution in [0.25, 0.3) is 0 Å². The Kier molecular flexibility index (Phi) is 6.71. The molecule has 0 aliphatic carbocycles. The molecule has 1 aliphatic heterocycles. The third-order valence-corrected chi connectivity index (χ3v) is 4.27. The summed E-state index contributed by atoms with van der Waals surface area (Å²) in [6.45, 7) is 6.54. The van der Waals surface area contributed by atoms with E-state index >= 15 is 0 Å². The number of carbonyl (C=O) groups excluding carboxylic acids is 1. The Hall–Kier alpha value is -1.75. The molecule has 0 aromatic heterocycles. The normalized spacial score (nSPS) is 21.1. The van der Waals surface area contributed by atoms with E-state index in [0.29, 0.717) is 19.6 Å². The summed E-state index contributed by atoms with van der Waals surface area (Å²) in [6.07, 6.45) is 2.19. The Morgan fingerprint density at radius 3 is 3.04 bits per heavy atom. The Bertz CT molecular complexity index is 507. The number of benzene rings is 1. The molecular weight excluding hydrogens is 292 g/mol. The first kappa shape index (κ1) is 17.6. The van der Waals surface area contributed by atoms with Crippen LogP contribution in [0.1, 0.15) is 32.3 Å². The van der Waals surface area contributed by atoms with Gasteiger partial charge in [-0.25, -0.2) is 4.79 Å². The van der Waals surface area contributed by atoms with Gasteiger partial charge in [0, 0.05) is 19.6 Å². The first-order valence-corrected chi connectivity index (χ1v) is 8.52. The molecular formula is C18H28N2O3. The van der Waals surface area contributed by atoms with Crippen LogP contribution in [-0.2, 0) is 6.42 Å². The summed E-state index contributed by atoms with van der Waals surface area (Å²) in [5, 5.41) is 12.8. The number of nitrogens with one attached hydrogen (secondary N) is 1. The maximum Gasteiger partial charge on any atom is 0.317 e. The summed E-state index contributed by atoms with van der Waals surface area (Å²) in [6, 6.07) is 7.90. The van der Waals surface area contributed by atoms with Gasteiger partial charge in [0.1, 0.15) is 5.75 Å². The second-order valence-electron chi connectivity index (χ2n) is 6.26. The van der Waals surface area contributed by atoms with Crippen molar-refractivity contribution in [3.05, 3.63) is 29.8 Å². The SMILES string of the molecule is CCCOc1cccc(CCNC(=O)N2CCC(C)C(O)C2)c1. The van der Waals surface area contributed by atoms with Gasteiger partial charge < -0.3 is 20.1 Å². The van der Waals surface area contributed by atoms with Crippen LogP contribution in [0.15, 0.2) is 24.3 Å². The highest BCUT2D eigenvalue weighted by atomic mass is 16.5. The fourth-order valence-electron chi connectivity index (χ4n) is 2.67. The number of hydrogen-bond donors (Lipinski definition) is 2. The quantitative estimate of drug-likeness (QED) is 0.846. The average Bonchev–Trinajstić information content (AvgIpc) is 2.55. The van der Waals surface area contributed by atoms with Crippen molar-refractivity contribution < 1.29 is 14.6 Å². The van der Waals surface area contributed by atoms with E-state index in [1.165, 1.54) is 0 Å². The molecule has 0 radical (unpaired) electrons. The largest absolute Gasteiger partial charge is 0.494 e. The molecule has 5 heteroatoms. The Balaban J connectivity index is 1.75. The molecule has 0 spiro atoms. The van der Waals surface area contributed by atoms with E-state index in [2.05, 4.69) is 12.2 Å². The predicted molar refractivity (Wildman–Crippen MR) is 90.7 cm³/mol. The highest BCUT2D eigenvalue weighted by Crippen LogP contribution is 2.17. The fraction of sp³-hybridized carbons (Fsp3) is 0.611. The van der Waals surface area contributed by atoms with Crippen LogP contribution in [0.4, 0.5) is 4.79 Å². The first-order chi connectivity index (χ1) is 11.1. The lowest BCUT2D eigenvalue weighted by Crippen LogP contribution is -2.49. The standard InChI is InChI=1S/C18H28N2O3/c1-3-11-23-16-6-4-5-15(12-16)7-9-19-18(22)20-10-8-14(2)17(21)13-20/h4-6,12,14,17,21H,3,7-11,13H2,1-2H3,(H,19,22). The molecule has 1 fully saturated rings. The summed E-state index contributed by atoms with van der Waals surface area (Å²) < 4.78 is 5.62. The van der Waals surface area contributed by atoms with Crippen molar-refractivity contribution in [2.24, 2.45) is 5.92 Å². The van der Waals surface area contributed by atoms with Crippen molar-refractivity contribution in [3.8, 4) is 5.75 Å². The van der Waals surface area contributed by atoms with Gasteiger partial charge in [-0.2, -0.15) is 0 Å². The van der Waals surface area contributed by atoms with Gasteiger partial charge in [-0.3, -0.25) is 0 Å². The van der Waals surface area contributed by atoms with Crippen molar-refractivity contribution in [1.82, 2.24) is 10.2 Å². The van der Waals surface area contributed by atoms with E-state index in [9.17, 15) is 9.90 Å². The molecule has 5 nitrogen and oxygen atoms in total. The maximum absolute atomic E-state index is 12.1. The number of hydrogen-bond acceptors (Lipinski definition) is 3. The number of piperidine rings is 1. The van der Waals surface area contributed by atoms with Crippen LogP contribution in [0.3, 0.4) is 0 Å². The molecule has 1 aromatic carbocycles. The molecule has 1 aliphatic rings. The zero-order chi connectivity index (χ0) is 16.7. The lowest BCUT2D eigenvalue weighted by atomic mass is 9.96. The van der Waals surface area contributed by atoms with Crippen LogP contribution in [-0.4, -0.2) is 48.4 Å². The van der Waals surface area contributed by atoms with Gasteiger partial charge in [0.05, 0.1) is 12.7 Å². The number of aliphatic hydroxyl groups is 1. The number of carbonyl (C=O) groups is 1. The highest BCUT2D eigenvalue weighted by molar-refractivity contribution is 5.74. The number of β-amino-alcohol motifs (C(OH)–C–C–N with tert-alkyl or cyclic N) is 1. The Morgan fingerprint density at radius 1 is 1.48 bits per heavy atom. The van der Waals surface area contributed by atoms with E-state index in [1.807, 2.05) is 31.2 Å². The summed E-state index contributed by atoms with van der Waals surface area (Å²) in [5.41, 5.74) is 1.14. The molecule has 0 bridgehead atoms. The average molecular weight is 320 g/mol. The third-order valence-electron chi connectivity index (χ3n) is 4.27. The first-order valence-electron chi connectivity index (χ1n) is 8.52. The van der Waals surface area contributed by atoms with E-state index in [0.717, 1.165) is 37.2 Å².